The van der Waals surface area contributed by atoms with Crippen LogP contribution < -0.4 is 0 Å². The fraction of sp³-hybridized carbons (Fsp3) is 1.00. The van der Waals surface area contributed by atoms with Crippen LogP contribution in [0.5, 0.6) is 0 Å². The van der Waals surface area contributed by atoms with E-state index >= 15 is 0 Å². The predicted octanol–water partition coefficient (Wildman–Crippen LogP) is 5.34. The molecule has 0 heterocycles. The Morgan fingerprint density at radius 1 is 0.459 bits per heavy atom. The average Bonchev–Trinajstić information content (AvgIpc) is 2.85. The lowest BCUT2D eigenvalue weighted by atomic mass is 10.2. The molecular formula is C26H59NO8Si2. The van der Waals surface area contributed by atoms with E-state index in [0.29, 0.717) is 52.9 Å². The van der Waals surface area contributed by atoms with E-state index in [-0.39, 0.29) is 6.29 Å². The van der Waals surface area contributed by atoms with Crippen molar-refractivity contribution in [3.63, 3.8) is 0 Å². The molecule has 224 valence electrons. The summed E-state index contributed by atoms with van der Waals surface area (Å²) in [4.78, 5) is 2.51. The normalized spacial score (nSPS) is 12.8. The van der Waals surface area contributed by atoms with Gasteiger partial charge in [-0.3, -0.25) is 0 Å². The molecule has 0 rings (SSSR count). The highest BCUT2D eigenvalue weighted by molar-refractivity contribution is 6.61. The van der Waals surface area contributed by atoms with Crippen molar-refractivity contribution in [2.45, 2.75) is 99.5 Å². The molecule has 11 heteroatoms. The SMILES string of the molecule is CCOC(CCCN(CCC[Si](OCC)(OCC)OCC)CCC[Si](OCC)(OCC)OCC)OCC. The third kappa shape index (κ3) is 16.7. The third-order valence-electron chi connectivity index (χ3n) is 5.72. The zero-order chi connectivity index (χ0) is 27.8. The summed E-state index contributed by atoms with van der Waals surface area (Å²) >= 11 is 0. The van der Waals surface area contributed by atoms with E-state index in [1.165, 1.54) is 0 Å². The molecule has 0 aliphatic rings. The van der Waals surface area contributed by atoms with E-state index in [1.807, 2.05) is 55.4 Å². The molecule has 0 spiro atoms. The second-order valence-electron chi connectivity index (χ2n) is 8.50. The molecule has 0 aromatic heterocycles. The molecule has 0 amide bonds. The summed E-state index contributed by atoms with van der Waals surface area (Å²) in [6.45, 7) is 23.8. The summed E-state index contributed by atoms with van der Waals surface area (Å²) in [6.07, 6.45) is 3.65. The Labute approximate surface area is 230 Å². The maximum Gasteiger partial charge on any atom is 0.500 e. The van der Waals surface area contributed by atoms with E-state index in [4.69, 9.17) is 36.0 Å². The summed E-state index contributed by atoms with van der Waals surface area (Å²) in [5, 5.41) is 0. The van der Waals surface area contributed by atoms with Crippen LogP contribution in [-0.2, 0) is 36.0 Å². The second kappa shape index (κ2) is 23.9. The first-order chi connectivity index (χ1) is 17.9. The van der Waals surface area contributed by atoms with Crippen molar-refractivity contribution in [2.24, 2.45) is 0 Å². The predicted molar refractivity (Wildman–Crippen MR) is 153 cm³/mol. The summed E-state index contributed by atoms with van der Waals surface area (Å²) < 4.78 is 47.9. The summed E-state index contributed by atoms with van der Waals surface area (Å²) in [7, 11) is -5.29. The lowest BCUT2D eigenvalue weighted by molar-refractivity contribution is -0.140. The first kappa shape index (κ1) is 37.1. The Balaban J connectivity index is 5.22. The Bertz CT molecular complexity index is 435. The van der Waals surface area contributed by atoms with Crippen molar-refractivity contribution in [3.05, 3.63) is 0 Å². The van der Waals surface area contributed by atoms with Gasteiger partial charge in [-0.1, -0.05) is 0 Å². The van der Waals surface area contributed by atoms with Crippen LogP contribution in [0.3, 0.4) is 0 Å². The van der Waals surface area contributed by atoms with Gasteiger partial charge in [0.2, 0.25) is 0 Å². The summed E-state index contributed by atoms with van der Waals surface area (Å²) in [5.74, 6) is 0. The van der Waals surface area contributed by atoms with E-state index in [0.717, 1.165) is 57.4 Å². The maximum absolute atomic E-state index is 6.06. The number of nitrogens with zero attached hydrogens (tertiary/aromatic N) is 1. The number of rotatable bonds is 28. The Morgan fingerprint density at radius 2 is 0.784 bits per heavy atom. The van der Waals surface area contributed by atoms with Crippen molar-refractivity contribution in [3.8, 4) is 0 Å². The molecule has 0 unspecified atom stereocenters. The minimum atomic E-state index is -2.65. The molecule has 37 heavy (non-hydrogen) atoms. The standard InChI is InChI=1S/C26H59NO8Si2/c1-9-28-26(29-10-2)20-17-21-27(22-18-24-36(30-11-3,31-12-4)32-13-5)23-19-25-37(33-14-6,34-15-7)35-16-8/h26H,9-25H2,1-8H3. The van der Waals surface area contributed by atoms with Crippen LogP contribution in [0.2, 0.25) is 12.1 Å². The van der Waals surface area contributed by atoms with Gasteiger partial charge >= 0.3 is 17.6 Å². The lowest BCUT2D eigenvalue weighted by Gasteiger charge is -2.31. The quantitative estimate of drug-likeness (QED) is 0.0916. The molecule has 0 fully saturated rings. The molecule has 0 atom stereocenters. The topological polar surface area (TPSA) is 77.1 Å². The van der Waals surface area contributed by atoms with Crippen LogP contribution >= 0.6 is 0 Å². The molecule has 0 aliphatic carbocycles. The molecule has 0 aromatic rings. The van der Waals surface area contributed by atoms with E-state index < -0.39 is 17.6 Å². The molecule has 0 radical (unpaired) electrons. The van der Waals surface area contributed by atoms with Gasteiger partial charge < -0.3 is 40.9 Å². The number of ether oxygens (including phenoxy) is 2. The first-order valence-corrected chi connectivity index (χ1v) is 18.6. The minimum Gasteiger partial charge on any atom is -0.374 e. The molecule has 0 bridgehead atoms. The molecule has 0 saturated heterocycles. The van der Waals surface area contributed by atoms with Gasteiger partial charge in [0.05, 0.1) is 0 Å². The van der Waals surface area contributed by atoms with E-state index in [2.05, 4.69) is 4.90 Å². The van der Waals surface area contributed by atoms with E-state index in [9.17, 15) is 0 Å². The Morgan fingerprint density at radius 3 is 1.08 bits per heavy atom. The second-order valence-corrected chi connectivity index (χ2v) is 14.0. The highest BCUT2D eigenvalue weighted by Gasteiger charge is 2.41. The minimum absolute atomic E-state index is 0.139. The van der Waals surface area contributed by atoms with Gasteiger partial charge in [0, 0.05) is 64.9 Å². The van der Waals surface area contributed by atoms with Crippen LogP contribution in [0.15, 0.2) is 0 Å². The summed E-state index contributed by atoms with van der Waals surface area (Å²) in [6, 6.07) is 1.63. The fourth-order valence-electron chi connectivity index (χ4n) is 4.44. The monoisotopic (exact) mass is 569 g/mol. The van der Waals surface area contributed by atoms with Crippen LogP contribution in [0.4, 0.5) is 0 Å². The molecular weight excluding hydrogens is 510 g/mol. The maximum atomic E-state index is 6.06. The molecule has 0 aromatic carbocycles. The number of hydrogen-bond acceptors (Lipinski definition) is 9. The molecule has 9 nitrogen and oxygen atoms in total. The van der Waals surface area contributed by atoms with Gasteiger partial charge in [-0.25, -0.2) is 0 Å². The largest absolute Gasteiger partial charge is 0.500 e. The van der Waals surface area contributed by atoms with Crippen molar-refractivity contribution in [1.82, 2.24) is 4.90 Å². The van der Waals surface area contributed by atoms with Gasteiger partial charge in [0.25, 0.3) is 0 Å². The van der Waals surface area contributed by atoms with Gasteiger partial charge in [-0.2, -0.15) is 0 Å². The van der Waals surface area contributed by atoms with Crippen molar-refractivity contribution >= 4 is 17.6 Å². The van der Waals surface area contributed by atoms with Crippen LogP contribution in [0.1, 0.15) is 81.1 Å². The molecule has 0 aliphatic heterocycles. The van der Waals surface area contributed by atoms with Crippen LogP contribution in [0, 0.1) is 0 Å². The Hall–Kier alpha value is 0.0738. The highest BCUT2D eigenvalue weighted by atomic mass is 28.4. The lowest BCUT2D eigenvalue weighted by Crippen LogP contribution is -2.47. The first-order valence-electron chi connectivity index (χ1n) is 14.7. The van der Waals surface area contributed by atoms with Crippen LogP contribution in [-0.4, -0.2) is 101 Å². The summed E-state index contributed by atoms with van der Waals surface area (Å²) in [5.41, 5.74) is 0. The van der Waals surface area contributed by atoms with Gasteiger partial charge in [0.1, 0.15) is 0 Å². The van der Waals surface area contributed by atoms with Crippen molar-refractivity contribution in [2.75, 3.05) is 72.5 Å². The van der Waals surface area contributed by atoms with Crippen LogP contribution in [0.25, 0.3) is 0 Å². The highest BCUT2D eigenvalue weighted by Crippen LogP contribution is 2.21. The third-order valence-corrected chi connectivity index (χ3v) is 12.0. The van der Waals surface area contributed by atoms with Gasteiger partial charge in [-0.05, 0) is 101 Å². The smallest absolute Gasteiger partial charge is 0.374 e. The molecule has 0 saturated carbocycles. The zero-order valence-electron chi connectivity index (χ0n) is 25.3. The molecule has 0 N–H and O–H groups in total. The number of hydrogen-bond donors (Lipinski definition) is 0. The fourth-order valence-corrected chi connectivity index (χ4v) is 9.63. The zero-order valence-corrected chi connectivity index (χ0v) is 27.3. The van der Waals surface area contributed by atoms with Gasteiger partial charge in [0.15, 0.2) is 6.29 Å². The Kier molecular flexibility index (Phi) is 24.0. The average molecular weight is 570 g/mol. The van der Waals surface area contributed by atoms with Crippen molar-refractivity contribution < 1.29 is 36.0 Å². The van der Waals surface area contributed by atoms with Crippen molar-refractivity contribution in [1.29, 1.82) is 0 Å². The van der Waals surface area contributed by atoms with E-state index in [1.54, 1.807) is 0 Å². The van der Waals surface area contributed by atoms with Gasteiger partial charge in [-0.15, -0.1) is 0 Å².